The molecule has 1 aromatic carbocycles. The van der Waals surface area contributed by atoms with Crippen LogP contribution < -0.4 is 5.32 Å². The summed E-state index contributed by atoms with van der Waals surface area (Å²) in [6.07, 6.45) is -0.530. The molecule has 2 rings (SSSR count). The molecule has 146 valence electrons. The average Bonchev–Trinajstić information content (AvgIpc) is 2.95. The minimum Gasteiger partial charge on any atom is -0.465 e. The SMILES string of the molecule is C[Si](C)(C)CCOCn1c(CNC(=O)O)nc2c(CCN=[N+]=[N-])cccc21. The monoisotopic (exact) mass is 390 g/mol. The zero-order valence-corrected chi connectivity index (χ0v) is 17.0. The molecule has 0 radical (unpaired) electrons. The first-order chi connectivity index (χ1) is 12.8. The van der Waals surface area contributed by atoms with Crippen molar-refractivity contribution in [2.24, 2.45) is 5.11 Å². The summed E-state index contributed by atoms with van der Waals surface area (Å²) in [5, 5.41) is 14.9. The quantitative estimate of drug-likeness (QED) is 0.209. The number of carboxylic acid groups (broad SMARTS) is 1. The van der Waals surface area contributed by atoms with Crippen molar-refractivity contribution in [2.45, 2.75) is 45.4 Å². The van der Waals surface area contributed by atoms with Crippen molar-refractivity contribution in [2.75, 3.05) is 13.2 Å². The van der Waals surface area contributed by atoms with Crippen molar-refractivity contribution in [3.8, 4) is 0 Å². The molecule has 0 unspecified atom stereocenters. The molecule has 0 fully saturated rings. The molecule has 27 heavy (non-hydrogen) atoms. The number of amides is 1. The van der Waals surface area contributed by atoms with E-state index in [1.165, 1.54) is 0 Å². The second-order valence-electron chi connectivity index (χ2n) is 7.45. The van der Waals surface area contributed by atoms with Crippen LogP contribution in [0.2, 0.25) is 25.7 Å². The lowest BCUT2D eigenvalue weighted by molar-refractivity contribution is 0.0876. The minimum absolute atomic E-state index is 0.0944. The van der Waals surface area contributed by atoms with Crippen LogP contribution in [0.1, 0.15) is 11.4 Å². The number of imidazole rings is 1. The van der Waals surface area contributed by atoms with E-state index >= 15 is 0 Å². The number of rotatable bonds is 10. The van der Waals surface area contributed by atoms with Gasteiger partial charge in [0, 0.05) is 26.1 Å². The molecule has 0 saturated heterocycles. The molecule has 2 N–H and O–H groups in total. The number of benzene rings is 1. The Kier molecular flexibility index (Phi) is 7.23. The van der Waals surface area contributed by atoms with Gasteiger partial charge in [-0.1, -0.05) is 36.9 Å². The van der Waals surface area contributed by atoms with Crippen molar-refractivity contribution in [3.05, 3.63) is 40.0 Å². The molecule has 10 heteroatoms. The number of azide groups is 1. The van der Waals surface area contributed by atoms with Crippen molar-refractivity contribution in [1.29, 1.82) is 0 Å². The van der Waals surface area contributed by atoms with Crippen molar-refractivity contribution >= 4 is 25.2 Å². The van der Waals surface area contributed by atoms with E-state index in [0.29, 0.717) is 32.1 Å². The van der Waals surface area contributed by atoms with Gasteiger partial charge in [0.2, 0.25) is 0 Å². The van der Waals surface area contributed by atoms with Crippen LogP contribution in [-0.2, 0) is 24.4 Å². The zero-order chi connectivity index (χ0) is 19.9. The number of nitrogens with one attached hydrogen (secondary N) is 1. The fourth-order valence-corrected chi connectivity index (χ4v) is 3.39. The number of fused-ring (bicyclic) bond motifs is 1. The molecule has 2 aromatic rings. The van der Waals surface area contributed by atoms with Gasteiger partial charge in [-0.05, 0) is 29.6 Å². The van der Waals surface area contributed by atoms with E-state index in [-0.39, 0.29) is 6.54 Å². The maximum absolute atomic E-state index is 10.9. The molecule has 0 aliphatic carbocycles. The highest BCUT2D eigenvalue weighted by molar-refractivity contribution is 6.76. The van der Waals surface area contributed by atoms with E-state index in [9.17, 15) is 4.79 Å². The van der Waals surface area contributed by atoms with Gasteiger partial charge in [-0.3, -0.25) is 0 Å². The summed E-state index contributed by atoms with van der Waals surface area (Å²) in [5.74, 6) is 0.594. The summed E-state index contributed by atoms with van der Waals surface area (Å²) in [4.78, 5) is 18.3. The second-order valence-corrected chi connectivity index (χ2v) is 13.1. The largest absolute Gasteiger partial charge is 0.465 e. The Morgan fingerprint density at radius 1 is 1.44 bits per heavy atom. The third-order valence-corrected chi connectivity index (χ3v) is 5.80. The number of nitrogens with zero attached hydrogens (tertiary/aromatic N) is 5. The van der Waals surface area contributed by atoms with Gasteiger partial charge in [-0.2, -0.15) is 0 Å². The number of carbonyl (C=O) groups is 1. The van der Waals surface area contributed by atoms with Crippen LogP contribution in [0.4, 0.5) is 4.79 Å². The van der Waals surface area contributed by atoms with Crippen LogP contribution in [0.25, 0.3) is 21.5 Å². The van der Waals surface area contributed by atoms with E-state index in [1.54, 1.807) is 0 Å². The van der Waals surface area contributed by atoms with Crippen LogP contribution in [0.15, 0.2) is 23.3 Å². The summed E-state index contributed by atoms with van der Waals surface area (Å²) in [6, 6.07) is 6.85. The molecule has 0 atom stereocenters. The third kappa shape index (κ3) is 6.28. The van der Waals surface area contributed by atoms with Gasteiger partial charge in [-0.25, -0.2) is 9.78 Å². The maximum Gasteiger partial charge on any atom is 0.405 e. The Morgan fingerprint density at radius 3 is 2.89 bits per heavy atom. The van der Waals surface area contributed by atoms with Gasteiger partial charge in [0.1, 0.15) is 12.6 Å². The highest BCUT2D eigenvalue weighted by atomic mass is 28.3. The molecule has 1 aromatic heterocycles. The van der Waals surface area contributed by atoms with Crippen molar-refractivity contribution in [1.82, 2.24) is 14.9 Å². The molecule has 1 heterocycles. The van der Waals surface area contributed by atoms with Crippen LogP contribution in [0.5, 0.6) is 0 Å². The molecule has 0 aliphatic heterocycles. The second kappa shape index (κ2) is 9.40. The summed E-state index contributed by atoms with van der Waals surface area (Å²) in [7, 11) is -1.18. The lowest BCUT2D eigenvalue weighted by Crippen LogP contribution is -2.24. The highest BCUT2D eigenvalue weighted by Gasteiger charge is 2.16. The molecule has 9 nitrogen and oxygen atoms in total. The summed E-state index contributed by atoms with van der Waals surface area (Å²) < 4.78 is 7.76. The smallest absolute Gasteiger partial charge is 0.405 e. The fourth-order valence-electron chi connectivity index (χ4n) is 2.64. The molecule has 0 bridgehead atoms. The molecule has 0 aliphatic rings. The Morgan fingerprint density at radius 2 is 2.22 bits per heavy atom. The number of hydrogen-bond acceptors (Lipinski definition) is 4. The Bertz CT molecular complexity index is 839. The van der Waals surface area contributed by atoms with Crippen molar-refractivity contribution in [3.63, 3.8) is 0 Å². The Hall–Kier alpha value is -2.55. The average molecular weight is 391 g/mol. The van der Waals surface area contributed by atoms with Crippen LogP contribution >= 0.6 is 0 Å². The minimum atomic E-state index is -1.18. The summed E-state index contributed by atoms with van der Waals surface area (Å²) in [5.41, 5.74) is 11.1. The predicted molar refractivity (Wildman–Crippen MR) is 106 cm³/mol. The predicted octanol–water partition coefficient (Wildman–Crippen LogP) is 3.97. The van der Waals surface area contributed by atoms with E-state index < -0.39 is 14.2 Å². The van der Waals surface area contributed by atoms with Gasteiger partial charge in [0.15, 0.2) is 0 Å². The standard InChI is InChI=1S/C17H26N6O3Si/c1-27(2,3)10-9-26-12-23-14-6-4-5-13(7-8-20-22-18)16(14)21-15(23)11-19-17(24)25/h4-6,19H,7-12H2,1-3H3,(H,24,25). The number of para-hydroxylation sites is 1. The van der Waals surface area contributed by atoms with E-state index in [4.69, 9.17) is 15.4 Å². The van der Waals surface area contributed by atoms with Gasteiger partial charge in [-0.15, -0.1) is 0 Å². The summed E-state index contributed by atoms with van der Waals surface area (Å²) >= 11 is 0. The van der Waals surface area contributed by atoms with Crippen LogP contribution in [-0.4, -0.2) is 42.0 Å². The normalized spacial score (nSPS) is 11.4. The Balaban J connectivity index is 2.26. The lowest BCUT2D eigenvalue weighted by atomic mass is 10.1. The number of hydrogen-bond donors (Lipinski definition) is 2. The van der Waals surface area contributed by atoms with Gasteiger partial charge < -0.3 is 19.7 Å². The van der Waals surface area contributed by atoms with Gasteiger partial charge in [0.25, 0.3) is 0 Å². The fraction of sp³-hybridized carbons (Fsp3) is 0.529. The lowest BCUT2D eigenvalue weighted by Gasteiger charge is -2.16. The molecule has 0 spiro atoms. The van der Waals surface area contributed by atoms with Crippen molar-refractivity contribution < 1.29 is 14.6 Å². The van der Waals surface area contributed by atoms with Gasteiger partial charge >= 0.3 is 6.09 Å². The van der Waals surface area contributed by atoms with Crippen LogP contribution in [0, 0.1) is 0 Å². The van der Waals surface area contributed by atoms with E-state index in [2.05, 4.69) is 40.0 Å². The van der Waals surface area contributed by atoms with E-state index in [0.717, 1.165) is 22.6 Å². The summed E-state index contributed by atoms with van der Waals surface area (Å²) in [6.45, 7) is 8.30. The molecule has 0 saturated carbocycles. The molecular weight excluding hydrogens is 364 g/mol. The Labute approximate surface area is 159 Å². The van der Waals surface area contributed by atoms with Gasteiger partial charge in [0.05, 0.1) is 17.6 Å². The highest BCUT2D eigenvalue weighted by Crippen LogP contribution is 2.21. The molecular formula is C17H26N6O3Si. The topological polar surface area (TPSA) is 125 Å². The zero-order valence-electron chi connectivity index (χ0n) is 16.0. The first-order valence-electron chi connectivity index (χ1n) is 8.84. The van der Waals surface area contributed by atoms with Crippen LogP contribution in [0.3, 0.4) is 0 Å². The number of ether oxygens (including phenoxy) is 1. The third-order valence-electron chi connectivity index (χ3n) is 4.10. The molecule has 1 amide bonds. The maximum atomic E-state index is 10.9. The first kappa shape index (κ1) is 20.8. The first-order valence-corrected chi connectivity index (χ1v) is 12.5. The van der Waals surface area contributed by atoms with E-state index in [1.807, 2.05) is 22.8 Å². The number of aromatic nitrogens is 2.